The highest BCUT2D eigenvalue weighted by atomic mass is 19.1. The van der Waals surface area contributed by atoms with Gasteiger partial charge in [-0.25, -0.2) is 8.78 Å². The van der Waals surface area contributed by atoms with Crippen LogP contribution in [0.2, 0.25) is 0 Å². The van der Waals surface area contributed by atoms with Crippen molar-refractivity contribution >= 4 is 0 Å². The number of ether oxygens (including phenoxy) is 1. The first-order chi connectivity index (χ1) is 7.57. The van der Waals surface area contributed by atoms with Gasteiger partial charge in [-0.15, -0.1) is 0 Å². The number of benzene rings is 1. The molecule has 0 saturated heterocycles. The van der Waals surface area contributed by atoms with Gasteiger partial charge in [0.1, 0.15) is 5.67 Å². The number of nitrogens with two attached hydrogens (primary N) is 1. The number of rotatable bonds is 2. The van der Waals surface area contributed by atoms with Crippen LogP contribution in [0, 0.1) is 5.82 Å². The van der Waals surface area contributed by atoms with E-state index in [4.69, 9.17) is 10.5 Å². The summed E-state index contributed by atoms with van der Waals surface area (Å²) >= 11 is 0. The van der Waals surface area contributed by atoms with Gasteiger partial charge in [0.2, 0.25) is 0 Å². The predicted octanol–water partition coefficient (Wildman–Crippen LogP) is 2.51. The van der Waals surface area contributed by atoms with Crippen molar-refractivity contribution in [3.8, 4) is 5.75 Å². The third kappa shape index (κ3) is 1.78. The Labute approximate surface area is 93.4 Å². The van der Waals surface area contributed by atoms with E-state index in [-0.39, 0.29) is 30.2 Å². The lowest BCUT2D eigenvalue weighted by Gasteiger charge is -2.21. The zero-order chi connectivity index (χ0) is 11.8. The van der Waals surface area contributed by atoms with Crippen LogP contribution in [0.25, 0.3) is 0 Å². The molecule has 2 rings (SSSR count). The van der Waals surface area contributed by atoms with Crippen LogP contribution in [-0.4, -0.2) is 13.2 Å². The van der Waals surface area contributed by atoms with Gasteiger partial charge in [0, 0.05) is 18.0 Å². The topological polar surface area (TPSA) is 35.2 Å². The summed E-state index contributed by atoms with van der Waals surface area (Å²) in [6.07, 6.45) is 1.04. The standard InChI is InChI=1S/C12H15F2NO/c1-16-10-4-2-3-9(11(10)13)12(14)6-5-8(15)7-12/h2-4,8H,5-7,15H2,1H3. The number of halogens is 2. The zero-order valence-electron chi connectivity index (χ0n) is 9.17. The van der Waals surface area contributed by atoms with Gasteiger partial charge in [0.05, 0.1) is 7.11 Å². The van der Waals surface area contributed by atoms with Crippen molar-refractivity contribution in [1.82, 2.24) is 0 Å². The molecule has 88 valence electrons. The van der Waals surface area contributed by atoms with Gasteiger partial charge >= 0.3 is 0 Å². The smallest absolute Gasteiger partial charge is 0.171 e. The van der Waals surface area contributed by atoms with Crippen molar-refractivity contribution in [1.29, 1.82) is 0 Å². The van der Waals surface area contributed by atoms with Crippen LogP contribution in [0.4, 0.5) is 8.78 Å². The Morgan fingerprint density at radius 2 is 2.25 bits per heavy atom. The molecule has 2 atom stereocenters. The van der Waals surface area contributed by atoms with E-state index in [1.807, 2.05) is 0 Å². The monoisotopic (exact) mass is 227 g/mol. The molecule has 2 nitrogen and oxygen atoms in total. The third-order valence-corrected chi connectivity index (χ3v) is 3.16. The SMILES string of the molecule is COc1cccc(C2(F)CCC(N)C2)c1F. The Morgan fingerprint density at radius 3 is 2.81 bits per heavy atom. The molecule has 0 radical (unpaired) electrons. The fourth-order valence-electron chi connectivity index (χ4n) is 2.29. The molecule has 0 aromatic heterocycles. The van der Waals surface area contributed by atoms with Gasteiger partial charge in [-0.3, -0.25) is 0 Å². The first-order valence-corrected chi connectivity index (χ1v) is 5.34. The van der Waals surface area contributed by atoms with Crippen LogP contribution in [0.15, 0.2) is 18.2 Å². The number of methoxy groups -OCH3 is 1. The molecule has 1 saturated carbocycles. The largest absolute Gasteiger partial charge is 0.494 e. The molecular formula is C12H15F2NO. The molecule has 0 aliphatic heterocycles. The van der Waals surface area contributed by atoms with Gasteiger partial charge in [-0.1, -0.05) is 12.1 Å². The van der Waals surface area contributed by atoms with Crippen molar-refractivity contribution in [2.45, 2.75) is 31.0 Å². The molecule has 16 heavy (non-hydrogen) atoms. The van der Waals surface area contributed by atoms with Crippen molar-refractivity contribution in [2.75, 3.05) is 7.11 Å². The quantitative estimate of drug-likeness (QED) is 0.842. The van der Waals surface area contributed by atoms with Crippen molar-refractivity contribution in [2.24, 2.45) is 5.73 Å². The molecule has 1 aliphatic carbocycles. The van der Waals surface area contributed by atoms with Crippen LogP contribution < -0.4 is 10.5 Å². The van der Waals surface area contributed by atoms with Crippen LogP contribution in [0.5, 0.6) is 5.75 Å². The fraction of sp³-hybridized carbons (Fsp3) is 0.500. The van der Waals surface area contributed by atoms with Gasteiger partial charge in [0.25, 0.3) is 0 Å². The van der Waals surface area contributed by atoms with E-state index in [9.17, 15) is 8.78 Å². The minimum Gasteiger partial charge on any atom is -0.494 e. The average Bonchev–Trinajstić information content (AvgIpc) is 2.60. The molecule has 0 spiro atoms. The van der Waals surface area contributed by atoms with Crippen LogP contribution in [-0.2, 0) is 5.67 Å². The minimum absolute atomic E-state index is 0.0693. The summed E-state index contributed by atoms with van der Waals surface area (Å²) in [5, 5.41) is 0. The number of hydrogen-bond acceptors (Lipinski definition) is 2. The molecule has 1 fully saturated rings. The summed E-state index contributed by atoms with van der Waals surface area (Å²) < 4.78 is 33.2. The highest BCUT2D eigenvalue weighted by Crippen LogP contribution is 2.44. The first kappa shape index (κ1) is 11.3. The molecule has 2 unspecified atom stereocenters. The van der Waals surface area contributed by atoms with E-state index in [1.165, 1.54) is 19.2 Å². The highest BCUT2D eigenvalue weighted by Gasteiger charge is 2.41. The molecule has 0 bridgehead atoms. The lowest BCUT2D eigenvalue weighted by Crippen LogP contribution is -2.22. The molecular weight excluding hydrogens is 212 g/mol. The van der Waals surface area contributed by atoms with Gasteiger partial charge in [-0.05, 0) is 18.9 Å². The molecule has 1 aromatic rings. The van der Waals surface area contributed by atoms with E-state index in [1.54, 1.807) is 6.07 Å². The van der Waals surface area contributed by atoms with E-state index in [0.29, 0.717) is 6.42 Å². The highest BCUT2D eigenvalue weighted by molar-refractivity contribution is 5.35. The summed E-state index contributed by atoms with van der Waals surface area (Å²) in [5.41, 5.74) is 4.10. The lowest BCUT2D eigenvalue weighted by atomic mass is 9.93. The molecule has 0 heterocycles. The summed E-state index contributed by atoms with van der Waals surface area (Å²) in [5.74, 6) is -0.531. The first-order valence-electron chi connectivity index (χ1n) is 5.34. The maximum absolute atomic E-state index is 14.5. The summed E-state index contributed by atoms with van der Waals surface area (Å²) in [6.45, 7) is 0. The average molecular weight is 227 g/mol. The normalized spacial score (nSPS) is 29.4. The second-order valence-corrected chi connectivity index (χ2v) is 4.29. The second kappa shape index (κ2) is 4.01. The molecule has 4 heteroatoms. The Morgan fingerprint density at radius 1 is 1.50 bits per heavy atom. The predicted molar refractivity (Wildman–Crippen MR) is 57.6 cm³/mol. The maximum atomic E-state index is 14.5. The van der Waals surface area contributed by atoms with Crippen molar-refractivity contribution < 1.29 is 13.5 Å². The van der Waals surface area contributed by atoms with Crippen LogP contribution >= 0.6 is 0 Å². The Bertz CT molecular complexity index is 397. The van der Waals surface area contributed by atoms with Gasteiger partial charge < -0.3 is 10.5 Å². The van der Waals surface area contributed by atoms with E-state index < -0.39 is 11.5 Å². The zero-order valence-corrected chi connectivity index (χ0v) is 9.17. The van der Waals surface area contributed by atoms with E-state index in [2.05, 4.69) is 0 Å². The molecule has 1 aliphatic rings. The maximum Gasteiger partial charge on any atom is 0.171 e. The minimum atomic E-state index is -1.64. The lowest BCUT2D eigenvalue weighted by molar-refractivity contribution is 0.164. The molecule has 0 amide bonds. The van der Waals surface area contributed by atoms with E-state index >= 15 is 0 Å². The van der Waals surface area contributed by atoms with Crippen molar-refractivity contribution in [3.63, 3.8) is 0 Å². The second-order valence-electron chi connectivity index (χ2n) is 4.29. The fourth-order valence-corrected chi connectivity index (χ4v) is 2.29. The Kier molecular flexibility index (Phi) is 2.84. The van der Waals surface area contributed by atoms with Gasteiger partial charge in [0.15, 0.2) is 11.6 Å². The molecule has 2 N–H and O–H groups in total. The summed E-state index contributed by atoms with van der Waals surface area (Å²) in [6, 6.07) is 4.37. The summed E-state index contributed by atoms with van der Waals surface area (Å²) in [4.78, 5) is 0. The number of hydrogen-bond donors (Lipinski definition) is 1. The van der Waals surface area contributed by atoms with Crippen LogP contribution in [0.1, 0.15) is 24.8 Å². The third-order valence-electron chi connectivity index (χ3n) is 3.16. The van der Waals surface area contributed by atoms with Gasteiger partial charge in [-0.2, -0.15) is 0 Å². The molecule has 1 aromatic carbocycles. The van der Waals surface area contributed by atoms with E-state index in [0.717, 1.165) is 0 Å². The van der Waals surface area contributed by atoms with Crippen LogP contribution in [0.3, 0.4) is 0 Å². The van der Waals surface area contributed by atoms with Crippen molar-refractivity contribution in [3.05, 3.63) is 29.6 Å². The Hall–Kier alpha value is -1.16. The summed E-state index contributed by atoms with van der Waals surface area (Å²) in [7, 11) is 1.37. The number of alkyl halides is 1. The Balaban J connectivity index is 2.40.